The molecule has 0 saturated carbocycles. The Morgan fingerprint density at radius 1 is 1.69 bits per heavy atom. The third-order valence-corrected chi connectivity index (χ3v) is 3.58. The molecule has 76 valence electrons. The van der Waals surface area contributed by atoms with Gasteiger partial charge in [0, 0.05) is 17.4 Å². The number of aliphatic hydroxyl groups is 1. The highest BCUT2D eigenvalue weighted by molar-refractivity contribution is 7.99. The second kappa shape index (κ2) is 5.55. The number of thioether (sulfide) groups is 1. The van der Waals surface area contributed by atoms with E-state index in [1.165, 1.54) is 0 Å². The van der Waals surface area contributed by atoms with Crippen LogP contribution in [-0.4, -0.2) is 28.8 Å². The monoisotopic (exact) mass is 202 g/mol. The fraction of sp³-hybridized carbons (Fsp3) is 0.800. The Balaban J connectivity index is 2.20. The van der Waals surface area contributed by atoms with Crippen molar-refractivity contribution in [2.45, 2.75) is 38.0 Å². The van der Waals surface area contributed by atoms with Crippen LogP contribution in [-0.2, 0) is 4.74 Å². The van der Waals surface area contributed by atoms with Gasteiger partial charge in [0.05, 0.1) is 6.61 Å². The van der Waals surface area contributed by atoms with Gasteiger partial charge in [-0.3, -0.25) is 0 Å². The molecule has 0 spiro atoms. The van der Waals surface area contributed by atoms with Gasteiger partial charge in [0.2, 0.25) is 0 Å². The third-order valence-electron chi connectivity index (χ3n) is 2.17. The van der Waals surface area contributed by atoms with Crippen molar-refractivity contribution in [3.63, 3.8) is 0 Å². The van der Waals surface area contributed by atoms with Gasteiger partial charge in [0.15, 0.2) is 0 Å². The van der Waals surface area contributed by atoms with Gasteiger partial charge in [-0.1, -0.05) is 13.8 Å². The molecule has 2 unspecified atom stereocenters. The van der Waals surface area contributed by atoms with Gasteiger partial charge >= 0.3 is 0 Å². The van der Waals surface area contributed by atoms with Crippen LogP contribution in [0.1, 0.15) is 26.7 Å². The average Bonchev–Trinajstić information content (AvgIpc) is 2.66. The molecule has 0 aromatic carbocycles. The molecule has 1 heterocycles. The Morgan fingerprint density at radius 2 is 2.46 bits per heavy atom. The van der Waals surface area contributed by atoms with E-state index in [1.807, 2.05) is 6.08 Å². The van der Waals surface area contributed by atoms with E-state index in [0.717, 1.165) is 31.0 Å². The highest BCUT2D eigenvalue weighted by atomic mass is 32.2. The molecule has 0 aromatic rings. The summed E-state index contributed by atoms with van der Waals surface area (Å²) in [6.45, 7) is 5.08. The number of rotatable bonds is 5. The lowest BCUT2D eigenvalue weighted by atomic mass is 10.3. The Bertz CT molecular complexity index is 180. The zero-order valence-electron chi connectivity index (χ0n) is 8.32. The molecule has 0 fully saturated rings. The Kier molecular flexibility index (Phi) is 4.67. The minimum atomic E-state index is -0.401. The largest absolute Gasteiger partial charge is 0.495 e. The van der Waals surface area contributed by atoms with Crippen molar-refractivity contribution in [1.29, 1.82) is 0 Å². The van der Waals surface area contributed by atoms with Crippen LogP contribution in [0.4, 0.5) is 0 Å². The quantitative estimate of drug-likeness (QED) is 0.741. The van der Waals surface area contributed by atoms with Crippen LogP contribution in [0.5, 0.6) is 0 Å². The van der Waals surface area contributed by atoms with Gasteiger partial charge in [-0.2, -0.15) is 11.8 Å². The predicted octanol–water partition coefficient (Wildman–Crippen LogP) is 2.18. The number of ether oxygens (including phenoxy) is 1. The lowest BCUT2D eigenvalue weighted by molar-refractivity contribution is 0.133. The Hall–Kier alpha value is -0.150. The highest BCUT2D eigenvalue weighted by Crippen LogP contribution is 2.20. The van der Waals surface area contributed by atoms with E-state index in [1.54, 1.807) is 11.8 Å². The number of hydrogen-bond donors (Lipinski definition) is 1. The van der Waals surface area contributed by atoms with E-state index in [-0.39, 0.29) is 0 Å². The lowest BCUT2D eigenvalue weighted by Crippen LogP contribution is -2.15. The van der Waals surface area contributed by atoms with Crippen molar-refractivity contribution >= 4 is 11.8 Å². The van der Waals surface area contributed by atoms with Crippen LogP contribution in [0.25, 0.3) is 0 Å². The van der Waals surface area contributed by atoms with Crippen LogP contribution in [0.2, 0.25) is 0 Å². The normalized spacial score (nSPS) is 20.7. The van der Waals surface area contributed by atoms with E-state index < -0.39 is 6.10 Å². The molecular formula is C10H18O2S. The minimum absolute atomic E-state index is 0.401. The molecule has 2 nitrogen and oxygen atoms in total. The summed E-state index contributed by atoms with van der Waals surface area (Å²) in [5.74, 6) is 1.52. The molecule has 0 aromatic heterocycles. The van der Waals surface area contributed by atoms with Crippen LogP contribution in [0.15, 0.2) is 11.8 Å². The Morgan fingerprint density at radius 3 is 3.00 bits per heavy atom. The molecule has 0 amide bonds. The molecular weight excluding hydrogens is 184 g/mol. The average molecular weight is 202 g/mol. The predicted molar refractivity (Wildman–Crippen MR) is 56.9 cm³/mol. The molecule has 1 N–H and O–H groups in total. The highest BCUT2D eigenvalue weighted by Gasteiger charge is 2.16. The van der Waals surface area contributed by atoms with Crippen LogP contribution in [0, 0.1) is 0 Å². The first-order valence-corrected chi connectivity index (χ1v) is 5.91. The number of aliphatic hydroxyl groups excluding tert-OH is 1. The summed E-state index contributed by atoms with van der Waals surface area (Å²) < 4.78 is 5.28. The van der Waals surface area contributed by atoms with E-state index >= 15 is 0 Å². The lowest BCUT2D eigenvalue weighted by Gasteiger charge is -2.14. The van der Waals surface area contributed by atoms with Gasteiger partial charge in [-0.15, -0.1) is 0 Å². The molecule has 3 heteroatoms. The molecule has 1 aliphatic heterocycles. The van der Waals surface area contributed by atoms with Crippen LogP contribution >= 0.6 is 11.8 Å². The molecule has 0 radical (unpaired) electrons. The second-order valence-corrected chi connectivity index (χ2v) is 4.78. The summed E-state index contributed by atoms with van der Waals surface area (Å²) in [6.07, 6.45) is 3.68. The van der Waals surface area contributed by atoms with E-state index in [0.29, 0.717) is 5.25 Å². The zero-order chi connectivity index (χ0) is 9.68. The van der Waals surface area contributed by atoms with Crippen molar-refractivity contribution in [3.05, 3.63) is 11.8 Å². The minimum Gasteiger partial charge on any atom is -0.495 e. The SMILES string of the molecule is CCC(C)SCC(O)C1=CCCO1. The first-order valence-electron chi connectivity index (χ1n) is 4.86. The summed E-state index contributed by atoms with van der Waals surface area (Å²) >= 11 is 1.80. The Labute approximate surface area is 84.4 Å². The second-order valence-electron chi connectivity index (χ2n) is 3.31. The standard InChI is InChI=1S/C10H18O2S/c1-3-8(2)13-7-9(11)10-5-4-6-12-10/h5,8-9,11H,3-4,6-7H2,1-2H3. The van der Waals surface area contributed by atoms with Crippen molar-refractivity contribution in [2.75, 3.05) is 12.4 Å². The molecule has 0 aliphatic carbocycles. The molecule has 1 rings (SSSR count). The summed E-state index contributed by atoms with van der Waals surface area (Å²) in [6, 6.07) is 0. The van der Waals surface area contributed by atoms with Gasteiger partial charge < -0.3 is 9.84 Å². The van der Waals surface area contributed by atoms with E-state index in [2.05, 4.69) is 13.8 Å². The van der Waals surface area contributed by atoms with Crippen LogP contribution < -0.4 is 0 Å². The summed E-state index contributed by atoms with van der Waals surface area (Å²) in [5.41, 5.74) is 0. The maximum absolute atomic E-state index is 9.68. The molecule has 0 bridgehead atoms. The fourth-order valence-corrected chi connectivity index (χ4v) is 2.04. The summed E-state index contributed by atoms with van der Waals surface area (Å²) in [5, 5.41) is 10.3. The fourth-order valence-electron chi connectivity index (χ4n) is 1.12. The van der Waals surface area contributed by atoms with Gasteiger partial charge in [-0.05, 0) is 12.5 Å². The van der Waals surface area contributed by atoms with Crippen LogP contribution in [0.3, 0.4) is 0 Å². The maximum Gasteiger partial charge on any atom is 0.121 e. The molecule has 2 atom stereocenters. The van der Waals surface area contributed by atoms with Gasteiger partial charge in [-0.25, -0.2) is 0 Å². The molecule has 1 aliphatic rings. The third kappa shape index (κ3) is 3.61. The smallest absolute Gasteiger partial charge is 0.121 e. The van der Waals surface area contributed by atoms with Crippen molar-refractivity contribution in [2.24, 2.45) is 0 Å². The van der Waals surface area contributed by atoms with Gasteiger partial charge in [0.1, 0.15) is 11.9 Å². The number of hydrogen-bond acceptors (Lipinski definition) is 3. The maximum atomic E-state index is 9.68. The first kappa shape index (κ1) is 10.9. The first-order chi connectivity index (χ1) is 6.24. The molecule has 0 saturated heterocycles. The zero-order valence-corrected chi connectivity index (χ0v) is 9.14. The van der Waals surface area contributed by atoms with Gasteiger partial charge in [0.25, 0.3) is 0 Å². The topological polar surface area (TPSA) is 29.5 Å². The summed E-state index contributed by atoms with van der Waals surface area (Å²) in [7, 11) is 0. The van der Waals surface area contributed by atoms with Crippen molar-refractivity contribution < 1.29 is 9.84 Å². The summed E-state index contributed by atoms with van der Waals surface area (Å²) in [4.78, 5) is 0. The molecule has 13 heavy (non-hydrogen) atoms. The van der Waals surface area contributed by atoms with Crippen molar-refractivity contribution in [3.8, 4) is 0 Å². The van der Waals surface area contributed by atoms with E-state index in [4.69, 9.17) is 4.74 Å². The van der Waals surface area contributed by atoms with Crippen molar-refractivity contribution in [1.82, 2.24) is 0 Å². The van der Waals surface area contributed by atoms with E-state index in [9.17, 15) is 5.11 Å².